The van der Waals surface area contributed by atoms with E-state index in [4.69, 9.17) is 14.2 Å². The molecule has 1 aliphatic heterocycles. The molecule has 5 heteroatoms. The second-order valence-electron chi connectivity index (χ2n) is 6.67. The Bertz CT molecular complexity index is 785. The molecule has 1 N–H and O–H groups in total. The van der Waals surface area contributed by atoms with E-state index in [9.17, 15) is 4.79 Å². The van der Waals surface area contributed by atoms with Crippen molar-refractivity contribution in [3.05, 3.63) is 53.6 Å². The number of ether oxygens (including phenoxy) is 3. The van der Waals surface area contributed by atoms with Crippen LogP contribution in [0.2, 0.25) is 0 Å². The molecule has 0 bridgehead atoms. The third-order valence-corrected chi connectivity index (χ3v) is 4.33. The number of para-hydroxylation sites is 2. The van der Waals surface area contributed by atoms with Crippen molar-refractivity contribution in [2.75, 3.05) is 14.2 Å². The molecule has 0 saturated carbocycles. The standard InChI is InChI=1S/C20H23NO4/c1-20(2)12-15(13-8-5-6-10-16(13)25-20)21-19(22)14-9-7-11-17(23-3)18(14)24-4/h5-11,15H,12H2,1-4H3,(H,21,22). The first kappa shape index (κ1) is 17.1. The first-order valence-corrected chi connectivity index (χ1v) is 8.25. The summed E-state index contributed by atoms with van der Waals surface area (Å²) in [6.07, 6.45) is 0.683. The Morgan fingerprint density at radius 3 is 2.60 bits per heavy atom. The summed E-state index contributed by atoms with van der Waals surface area (Å²) in [6.45, 7) is 4.04. The highest BCUT2D eigenvalue weighted by Crippen LogP contribution is 2.39. The fraction of sp³-hybridized carbons (Fsp3) is 0.350. The van der Waals surface area contributed by atoms with Gasteiger partial charge in [-0.3, -0.25) is 4.79 Å². The van der Waals surface area contributed by atoms with Crippen LogP contribution in [0.1, 0.15) is 42.2 Å². The average Bonchev–Trinajstić information content (AvgIpc) is 2.59. The van der Waals surface area contributed by atoms with Gasteiger partial charge in [-0.25, -0.2) is 0 Å². The van der Waals surface area contributed by atoms with Crippen LogP contribution in [0.4, 0.5) is 0 Å². The van der Waals surface area contributed by atoms with Crippen LogP contribution in [0.15, 0.2) is 42.5 Å². The molecule has 1 atom stereocenters. The second kappa shape index (κ2) is 6.67. The Balaban J connectivity index is 1.91. The summed E-state index contributed by atoms with van der Waals surface area (Å²) in [4.78, 5) is 12.9. The number of amides is 1. The Morgan fingerprint density at radius 2 is 1.88 bits per heavy atom. The molecule has 2 aromatic rings. The van der Waals surface area contributed by atoms with E-state index in [0.717, 1.165) is 11.3 Å². The molecule has 0 saturated heterocycles. The van der Waals surface area contributed by atoms with Gasteiger partial charge in [0, 0.05) is 12.0 Å². The molecule has 1 aliphatic rings. The summed E-state index contributed by atoms with van der Waals surface area (Å²) in [5.41, 5.74) is 1.07. The van der Waals surface area contributed by atoms with Gasteiger partial charge in [-0.1, -0.05) is 24.3 Å². The van der Waals surface area contributed by atoms with E-state index in [0.29, 0.717) is 23.5 Å². The maximum Gasteiger partial charge on any atom is 0.255 e. The van der Waals surface area contributed by atoms with Crippen molar-refractivity contribution in [2.24, 2.45) is 0 Å². The van der Waals surface area contributed by atoms with Crippen molar-refractivity contribution in [1.29, 1.82) is 0 Å². The van der Waals surface area contributed by atoms with Crippen LogP contribution in [0, 0.1) is 0 Å². The minimum atomic E-state index is -0.356. The lowest BCUT2D eigenvalue weighted by Crippen LogP contribution is -2.41. The van der Waals surface area contributed by atoms with Gasteiger partial charge >= 0.3 is 0 Å². The van der Waals surface area contributed by atoms with E-state index >= 15 is 0 Å². The van der Waals surface area contributed by atoms with E-state index in [1.165, 1.54) is 7.11 Å². The fourth-order valence-electron chi connectivity index (χ4n) is 3.23. The smallest absolute Gasteiger partial charge is 0.255 e. The zero-order valence-corrected chi connectivity index (χ0v) is 15.0. The zero-order chi connectivity index (χ0) is 18.0. The third-order valence-electron chi connectivity index (χ3n) is 4.33. The number of fused-ring (bicyclic) bond motifs is 1. The van der Waals surface area contributed by atoms with Gasteiger partial charge in [0.2, 0.25) is 0 Å². The summed E-state index contributed by atoms with van der Waals surface area (Å²) in [5, 5.41) is 3.12. The van der Waals surface area contributed by atoms with Crippen LogP contribution < -0.4 is 19.5 Å². The fourth-order valence-corrected chi connectivity index (χ4v) is 3.23. The number of carbonyl (C=O) groups is 1. The van der Waals surface area contributed by atoms with Gasteiger partial charge in [0.05, 0.1) is 25.8 Å². The maximum atomic E-state index is 12.9. The van der Waals surface area contributed by atoms with Crippen LogP contribution in [-0.2, 0) is 0 Å². The number of methoxy groups -OCH3 is 2. The molecule has 0 aliphatic carbocycles. The van der Waals surface area contributed by atoms with Gasteiger partial charge in [-0.05, 0) is 32.0 Å². The lowest BCUT2D eigenvalue weighted by Gasteiger charge is -2.37. The van der Waals surface area contributed by atoms with Gasteiger partial charge in [0.15, 0.2) is 11.5 Å². The minimum absolute atomic E-state index is 0.136. The van der Waals surface area contributed by atoms with E-state index < -0.39 is 0 Å². The van der Waals surface area contributed by atoms with Crippen LogP contribution in [0.3, 0.4) is 0 Å². The van der Waals surface area contributed by atoms with Crippen LogP contribution >= 0.6 is 0 Å². The molecule has 0 spiro atoms. The summed E-state index contributed by atoms with van der Waals surface area (Å²) >= 11 is 0. The number of hydrogen-bond donors (Lipinski definition) is 1. The summed E-state index contributed by atoms with van der Waals surface area (Å²) in [7, 11) is 3.08. The Hall–Kier alpha value is -2.69. The molecule has 2 aromatic carbocycles. The van der Waals surface area contributed by atoms with Crippen LogP contribution in [0.25, 0.3) is 0 Å². The molecule has 3 rings (SSSR count). The molecule has 1 heterocycles. The highest BCUT2D eigenvalue weighted by Gasteiger charge is 2.34. The topological polar surface area (TPSA) is 56.8 Å². The predicted molar refractivity (Wildman–Crippen MR) is 95.5 cm³/mol. The molecule has 0 radical (unpaired) electrons. The Kier molecular flexibility index (Phi) is 4.57. The molecule has 132 valence electrons. The largest absolute Gasteiger partial charge is 0.493 e. The first-order valence-electron chi connectivity index (χ1n) is 8.25. The number of benzene rings is 2. The molecule has 0 fully saturated rings. The Morgan fingerprint density at radius 1 is 1.12 bits per heavy atom. The van der Waals surface area contributed by atoms with Crippen molar-refractivity contribution in [1.82, 2.24) is 5.32 Å². The molecular formula is C20H23NO4. The number of hydrogen-bond acceptors (Lipinski definition) is 4. The van der Waals surface area contributed by atoms with E-state index in [1.54, 1.807) is 25.3 Å². The van der Waals surface area contributed by atoms with Crippen molar-refractivity contribution < 1.29 is 19.0 Å². The lowest BCUT2D eigenvalue weighted by atomic mass is 9.89. The highest BCUT2D eigenvalue weighted by molar-refractivity contribution is 5.98. The number of rotatable bonds is 4. The van der Waals surface area contributed by atoms with E-state index in [1.807, 2.05) is 38.1 Å². The minimum Gasteiger partial charge on any atom is -0.493 e. The second-order valence-corrected chi connectivity index (χ2v) is 6.67. The molecule has 0 aromatic heterocycles. The van der Waals surface area contributed by atoms with Crippen molar-refractivity contribution >= 4 is 5.91 Å². The number of nitrogens with one attached hydrogen (secondary N) is 1. The monoisotopic (exact) mass is 341 g/mol. The first-order chi connectivity index (χ1) is 11.9. The third kappa shape index (κ3) is 3.40. The van der Waals surface area contributed by atoms with Crippen molar-refractivity contribution in [3.8, 4) is 17.2 Å². The summed E-state index contributed by atoms with van der Waals surface area (Å²) in [5.74, 6) is 1.57. The molecule has 5 nitrogen and oxygen atoms in total. The van der Waals surface area contributed by atoms with E-state index in [2.05, 4.69) is 5.32 Å². The molecule has 1 unspecified atom stereocenters. The predicted octanol–water partition coefficient (Wildman–Crippen LogP) is 3.74. The maximum absolute atomic E-state index is 12.9. The summed E-state index contributed by atoms with van der Waals surface area (Å²) in [6, 6.07) is 12.9. The number of carbonyl (C=O) groups excluding carboxylic acids is 1. The van der Waals surface area contributed by atoms with Gasteiger partial charge in [-0.2, -0.15) is 0 Å². The van der Waals surface area contributed by atoms with Crippen molar-refractivity contribution in [3.63, 3.8) is 0 Å². The molecule has 1 amide bonds. The zero-order valence-electron chi connectivity index (χ0n) is 15.0. The van der Waals surface area contributed by atoms with Crippen molar-refractivity contribution in [2.45, 2.75) is 31.9 Å². The Labute approximate surface area is 147 Å². The SMILES string of the molecule is COc1cccc(C(=O)NC2CC(C)(C)Oc3ccccc32)c1OC. The van der Waals surface area contributed by atoms with E-state index in [-0.39, 0.29) is 17.6 Å². The van der Waals surface area contributed by atoms with Gasteiger partial charge in [-0.15, -0.1) is 0 Å². The van der Waals surface area contributed by atoms with Gasteiger partial charge < -0.3 is 19.5 Å². The summed E-state index contributed by atoms with van der Waals surface area (Å²) < 4.78 is 16.7. The van der Waals surface area contributed by atoms with Gasteiger partial charge in [0.1, 0.15) is 11.4 Å². The molecule has 25 heavy (non-hydrogen) atoms. The quantitative estimate of drug-likeness (QED) is 0.920. The van der Waals surface area contributed by atoms with Gasteiger partial charge in [0.25, 0.3) is 5.91 Å². The van der Waals surface area contributed by atoms with Crippen LogP contribution in [-0.4, -0.2) is 25.7 Å². The van der Waals surface area contributed by atoms with Crippen LogP contribution in [0.5, 0.6) is 17.2 Å². The average molecular weight is 341 g/mol. The normalized spacial score (nSPS) is 17.8. The molecular weight excluding hydrogens is 318 g/mol. The highest BCUT2D eigenvalue weighted by atomic mass is 16.5. The lowest BCUT2D eigenvalue weighted by molar-refractivity contribution is 0.0619.